The first kappa shape index (κ1) is 19.4. The summed E-state index contributed by atoms with van der Waals surface area (Å²) in [6.45, 7) is 4.02. The molecule has 0 fully saturated rings. The van der Waals surface area contributed by atoms with Gasteiger partial charge >= 0.3 is 0 Å². The van der Waals surface area contributed by atoms with Gasteiger partial charge in [-0.25, -0.2) is 0 Å². The lowest BCUT2D eigenvalue weighted by molar-refractivity contribution is 0.0939. The Morgan fingerprint density at radius 2 is 1.79 bits per heavy atom. The number of nitrogens with one attached hydrogen (secondary N) is 1. The summed E-state index contributed by atoms with van der Waals surface area (Å²) >= 11 is 0. The highest BCUT2D eigenvalue weighted by Crippen LogP contribution is 2.24. The van der Waals surface area contributed by atoms with Crippen molar-refractivity contribution in [1.29, 1.82) is 0 Å². The van der Waals surface area contributed by atoms with Crippen LogP contribution in [-0.4, -0.2) is 29.3 Å². The van der Waals surface area contributed by atoms with Gasteiger partial charge < -0.3 is 14.8 Å². The molecule has 6 nitrogen and oxygen atoms in total. The molecule has 0 aliphatic rings. The van der Waals surface area contributed by atoms with Gasteiger partial charge in [0, 0.05) is 23.2 Å². The van der Waals surface area contributed by atoms with Gasteiger partial charge in [0.05, 0.1) is 12.8 Å². The molecule has 28 heavy (non-hydrogen) atoms. The zero-order valence-electron chi connectivity index (χ0n) is 16.2. The maximum Gasteiger partial charge on any atom is 0.251 e. The summed E-state index contributed by atoms with van der Waals surface area (Å²) in [5.41, 5.74) is 2.08. The van der Waals surface area contributed by atoms with Gasteiger partial charge in [-0.15, -0.1) is 10.2 Å². The summed E-state index contributed by atoms with van der Waals surface area (Å²) in [6.07, 6.45) is 0.882. The first-order valence-electron chi connectivity index (χ1n) is 9.16. The number of aromatic nitrogens is 2. The van der Waals surface area contributed by atoms with Gasteiger partial charge in [-0.05, 0) is 55.8 Å². The van der Waals surface area contributed by atoms with E-state index >= 15 is 0 Å². The molecular formula is C22H23N3O3. The van der Waals surface area contributed by atoms with Crippen LogP contribution < -0.4 is 14.8 Å². The van der Waals surface area contributed by atoms with Crippen molar-refractivity contribution in [3.05, 3.63) is 66.2 Å². The number of hydrogen-bond acceptors (Lipinski definition) is 5. The number of carbonyl (C=O) groups excluding carboxylic acids is 1. The third kappa shape index (κ3) is 4.85. The summed E-state index contributed by atoms with van der Waals surface area (Å²) in [5.74, 6) is 1.70. The number of rotatable bonds is 7. The smallest absolute Gasteiger partial charge is 0.251 e. The van der Waals surface area contributed by atoms with Crippen LogP contribution in [0.5, 0.6) is 17.4 Å². The number of nitrogens with zero attached hydrogens (tertiary/aromatic N) is 2. The third-order valence-electron chi connectivity index (χ3n) is 4.33. The van der Waals surface area contributed by atoms with Crippen molar-refractivity contribution in [2.75, 3.05) is 7.11 Å². The van der Waals surface area contributed by atoms with Crippen LogP contribution in [0.3, 0.4) is 0 Å². The number of benzene rings is 2. The van der Waals surface area contributed by atoms with Gasteiger partial charge in [-0.1, -0.05) is 19.1 Å². The fourth-order valence-electron chi connectivity index (χ4n) is 2.52. The molecule has 0 radical (unpaired) electrons. The molecule has 0 spiro atoms. The minimum Gasteiger partial charge on any atom is -0.497 e. The fourth-order valence-corrected chi connectivity index (χ4v) is 2.52. The average molecular weight is 377 g/mol. The van der Waals surface area contributed by atoms with Crippen LogP contribution in [0.2, 0.25) is 0 Å². The second-order valence-electron chi connectivity index (χ2n) is 6.40. The summed E-state index contributed by atoms with van der Waals surface area (Å²) in [5, 5.41) is 11.3. The molecule has 1 unspecified atom stereocenters. The van der Waals surface area contributed by atoms with E-state index in [2.05, 4.69) is 15.5 Å². The van der Waals surface area contributed by atoms with E-state index in [1.165, 1.54) is 0 Å². The Morgan fingerprint density at radius 3 is 2.43 bits per heavy atom. The highest BCUT2D eigenvalue weighted by Gasteiger charge is 2.10. The average Bonchev–Trinajstić information content (AvgIpc) is 2.74. The Labute approximate surface area is 164 Å². The van der Waals surface area contributed by atoms with Crippen LogP contribution in [0.15, 0.2) is 60.7 Å². The monoisotopic (exact) mass is 377 g/mol. The maximum atomic E-state index is 12.3. The Hall–Kier alpha value is -3.41. The van der Waals surface area contributed by atoms with Gasteiger partial charge in [0.15, 0.2) is 0 Å². The number of methoxy groups -OCH3 is 1. The molecule has 0 bridgehead atoms. The van der Waals surface area contributed by atoms with Crippen molar-refractivity contribution in [2.45, 2.75) is 26.3 Å². The quantitative estimate of drug-likeness (QED) is 0.657. The van der Waals surface area contributed by atoms with Crippen molar-refractivity contribution < 1.29 is 14.3 Å². The van der Waals surface area contributed by atoms with Crippen molar-refractivity contribution in [1.82, 2.24) is 15.5 Å². The molecule has 144 valence electrons. The lowest BCUT2D eigenvalue weighted by Crippen LogP contribution is -2.31. The Kier molecular flexibility index (Phi) is 6.22. The van der Waals surface area contributed by atoms with Crippen molar-refractivity contribution >= 4 is 5.91 Å². The number of amides is 1. The molecule has 1 aromatic heterocycles. The van der Waals surface area contributed by atoms with E-state index in [0.29, 0.717) is 22.9 Å². The van der Waals surface area contributed by atoms with Crippen molar-refractivity contribution in [3.63, 3.8) is 0 Å². The first-order valence-corrected chi connectivity index (χ1v) is 9.16. The minimum absolute atomic E-state index is 0.0939. The summed E-state index contributed by atoms with van der Waals surface area (Å²) < 4.78 is 10.8. The normalized spacial score (nSPS) is 11.5. The molecule has 1 N–H and O–H groups in total. The zero-order chi connectivity index (χ0) is 19.9. The standard InChI is InChI=1S/C22H23N3O3/c1-4-15(2)23-22(26)17-7-5-6-16(14-17)20-12-13-21(25-24-20)28-19-10-8-18(27-3)9-11-19/h5-15H,4H2,1-3H3,(H,23,26). The summed E-state index contributed by atoms with van der Waals surface area (Å²) in [4.78, 5) is 12.3. The van der Waals surface area contributed by atoms with Crippen LogP contribution in [0, 0.1) is 0 Å². The molecule has 0 aliphatic heterocycles. The molecule has 1 heterocycles. The molecule has 6 heteroatoms. The molecule has 1 amide bonds. The van der Waals surface area contributed by atoms with Gasteiger partial charge in [0.2, 0.25) is 5.88 Å². The number of hydrogen-bond donors (Lipinski definition) is 1. The highest BCUT2D eigenvalue weighted by molar-refractivity contribution is 5.95. The Bertz CT molecular complexity index is 925. The van der Waals surface area contributed by atoms with E-state index in [4.69, 9.17) is 9.47 Å². The SMILES string of the molecule is CCC(C)NC(=O)c1cccc(-c2ccc(Oc3ccc(OC)cc3)nn2)c1. The molecular weight excluding hydrogens is 354 g/mol. The number of ether oxygens (including phenoxy) is 2. The van der Waals surface area contributed by atoms with Crippen LogP contribution >= 0.6 is 0 Å². The predicted octanol–water partition coefficient (Wildman–Crippen LogP) is 4.47. The van der Waals surface area contributed by atoms with Crippen LogP contribution in [0.1, 0.15) is 30.6 Å². The largest absolute Gasteiger partial charge is 0.497 e. The third-order valence-corrected chi connectivity index (χ3v) is 4.33. The molecule has 2 aromatic carbocycles. The van der Waals surface area contributed by atoms with Crippen LogP contribution in [0.4, 0.5) is 0 Å². The number of carbonyl (C=O) groups is 1. The molecule has 3 rings (SSSR count). The van der Waals surface area contributed by atoms with Crippen LogP contribution in [0.25, 0.3) is 11.3 Å². The van der Waals surface area contributed by atoms with E-state index in [9.17, 15) is 4.79 Å². The second-order valence-corrected chi connectivity index (χ2v) is 6.40. The molecule has 3 aromatic rings. The van der Waals surface area contributed by atoms with E-state index < -0.39 is 0 Å². The van der Waals surface area contributed by atoms with Gasteiger partial charge in [-0.3, -0.25) is 4.79 Å². The zero-order valence-corrected chi connectivity index (χ0v) is 16.2. The van der Waals surface area contributed by atoms with Crippen molar-refractivity contribution in [3.8, 4) is 28.6 Å². The highest BCUT2D eigenvalue weighted by atomic mass is 16.5. The van der Waals surface area contributed by atoms with E-state index in [1.807, 2.05) is 50.2 Å². The Balaban J connectivity index is 1.72. The van der Waals surface area contributed by atoms with E-state index in [0.717, 1.165) is 17.7 Å². The van der Waals surface area contributed by atoms with E-state index in [1.54, 1.807) is 31.4 Å². The summed E-state index contributed by atoms with van der Waals surface area (Å²) in [7, 11) is 1.61. The molecule has 1 atom stereocenters. The van der Waals surface area contributed by atoms with E-state index in [-0.39, 0.29) is 11.9 Å². The predicted molar refractivity (Wildman–Crippen MR) is 108 cm³/mol. The topological polar surface area (TPSA) is 73.3 Å². The molecule has 0 saturated heterocycles. The van der Waals surface area contributed by atoms with Gasteiger partial charge in [-0.2, -0.15) is 0 Å². The van der Waals surface area contributed by atoms with Gasteiger partial charge in [0.25, 0.3) is 5.91 Å². The summed E-state index contributed by atoms with van der Waals surface area (Å²) in [6, 6.07) is 18.3. The fraction of sp³-hybridized carbons (Fsp3) is 0.227. The molecule has 0 saturated carbocycles. The minimum atomic E-state index is -0.0939. The molecule has 0 aliphatic carbocycles. The maximum absolute atomic E-state index is 12.3. The lowest BCUT2D eigenvalue weighted by atomic mass is 10.1. The first-order chi connectivity index (χ1) is 13.6. The lowest BCUT2D eigenvalue weighted by Gasteiger charge is -2.12. The second kappa shape index (κ2) is 8.99. The van der Waals surface area contributed by atoms with Crippen molar-refractivity contribution in [2.24, 2.45) is 0 Å². The van der Waals surface area contributed by atoms with Crippen LogP contribution in [-0.2, 0) is 0 Å². The Morgan fingerprint density at radius 1 is 1.04 bits per heavy atom. The van der Waals surface area contributed by atoms with Gasteiger partial charge in [0.1, 0.15) is 11.5 Å².